The van der Waals surface area contributed by atoms with E-state index in [1.54, 1.807) is 0 Å². The summed E-state index contributed by atoms with van der Waals surface area (Å²) in [4.78, 5) is 0. The van der Waals surface area contributed by atoms with Crippen LogP contribution in [0.3, 0.4) is 0 Å². The Morgan fingerprint density at radius 1 is 1.05 bits per heavy atom. The molecule has 126 valence electrons. The first-order valence-electron chi connectivity index (χ1n) is 8.99. The van der Waals surface area contributed by atoms with Crippen molar-refractivity contribution in [3.05, 3.63) is 0 Å². The fourth-order valence-corrected chi connectivity index (χ4v) is 7.42. The summed E-state index contributed by atoms with van der Waals surface area (Å²) < 4.78 is 5.00. The number of rotatable bonds is 0. The average molecular weight is 373 g/mol. The van der Waals surface area contributed by atoms with Crippen molar-refractivity contribution >= 4 is 15.9 Å². The molecule has 4 heteroatoms. The van der Waals surface area contributed by atoms with Gasteiger partial charge in [0.2, 0.25) is 0 Å². The van der Waals surface area contributed by atoms with Crippen LogP contribution in [0.25, 0.3) is 0 Å². The van der Waals surface area contributed by atoms with Crippen molar-refractivity contribution in [3.63, 3.8) is 0 Å². The van der Waals surface area contributed by atoms with E-state index < -0.39 is 10.8 Å². The summed E-state index contributed by atoms with van der Waals surface area (Å²) in [6, 6.07) is 0. The molecular weight excluding hydrogens is 344 g/mol. The summed E-state index contributed by atoms with van der Waals surface area (Å²) in [6.45, 7) is 5.41. The van der Waals surface area contributed by atoms with Crippen LogP contribution in [-0.4, -0.2) is 27.6 Å². The topological polar surface area (TPSA) is 49.7 Å². The molecule has 0 aromatic heterocycles. The number of hydrogen-bond acceptors (Lipinski definition) is 3. The summed E-state index contributed by atoms with van der Waals surface area (Å²) in [5, 5.41) is 20.7. The van der Waals surface area contributed by atoms with Gasteiger partial charge in [-0.05, 0) is 67.6 Å². The Morgan fingerprint density at radius 2 is 1.77 bits per heavy atom. The third-order valence-corrected chi connectivity index (χ3v) is 9.49. The van der Waals surface area contributed by atoms with Crippen LogP contribution in [0, 0.1) is 34.5 Å². The molecule has 3 nitrogen and oxygen atoms in total. The maximum absolute atomic E-state index is 10.8. The van der Waals surface area contributed by atoms with Gasteiger partial charge in [-0.2, -0.15) is 0 Å². The normalized spacial score (nSPS) is 61.2. The second-order valence-electron chi connectivity index (χ2n) is 8.91. The highest BCUT2D eigenvalue weighted by molar-refractivity contribution is 9.10. The number of hydrogen-bond donors (Lipinski definition) is 2. The Bertz CT molecular complexity index is 467. The molecule has 1 heterocycles. The Balaban J connectivity index is 1.64. The highest BCUT2D eigenvalue weighted by Gasteiger charge is 2.64. The average Bonchev–Trinajstić information content (AvgIpc) is 2.70. The first-order valence-corrected chi connectivity index (χ1v) is 9.78. The highest BCUT2D eigenvalue weighted by atomic mass is 79.9. The number of aliphatic hydroxyl groups excluding tert-OH is 1. The van der Waals surface area contributed by atoms with Gasteiger partial charge in [-0.3, -0.25) is 0 Å². The van der Waals surface area contributed by atoms with Crippen molar-refractivity contribution in [1.82, 2.24) is 0 Å². The standard InChI is InChI=1S/C18H29BrO3/c1-16-10-22-15(20)9-11(16)3-4-12-13(16)5-7-17(2)14(12)6-8-18(17,19)21/h11-15,20-21H,3-10H2,1-2H3/t11?,12-,13-,14+,15?,16+,17+,18?/m1/s1. The maximum atomic E-state index is 10.8. The Labute approximate surface area is 141 Å². The van der Waals surface area contributed by atoms with E-state index in [9.17, 15) is 10.2 Å². The van der Waals surface area contributed by atoms with Crippen LogP contribution < -0.4 is 0 Å². The molecule has 0 aromatic rings. The van der Waals surface area contributed by atoms with Crippen molar-refractivity contribution in [3.8, 4) is 0 Å². The molecule has 4 rings (SSSR count). The molecule has 0 radical (unpaired) electrons. The van der Waals surface area contributed by atoms with E-state index >= 15 is 0 Å². The minimum absolute atomic E-state index is 0.0202. The Hall–Kier alpha value is 0.360. The molecule has 8 atom stereocenters. The van der Waals surface area contributed by atoms with Gasteiger partial charge in [0.15, 0.2) is 6.29 Å². The fraction of sp³-hybridized carbons (Fsp3) is 1.00. The molecule has 4 aliphatic rings. The largest absolute Gasteiger partial charge is 0.378 e. The van der Waals surface area contributed by atoms with Gasteiger partial charge in [0.1, 0.15) is 4.51 Å². The van der Waals surface area contributed by atoms with Crippen LogP contribution in [0.2, 0.25) is 0 Å². The molecule has 0 aromatic carbocycles. The van der Waals surface area contributed by atoms with Crippen molar-refractivity contribution in [2.75, 3.05) is 6.61 Å². The number of alkyl halides is 1. The number of halogens is 1. The van der Waals surface area contributed by atoms with Crippen molar-refractivity contribution in [1.29, 1.82) is 0 Å². The zero-order valence-corrected chi connectivity index (χ0v) is 15.3. The summed E-state index contributed by atoms with van der Waals surface area (Å²) in [7, 11) is 0. The van der Waals surface area contributed by atoms with Crippen LogP contribution >= 0.6 is 15.9 Å². The van der Waals surface area contributed by atoms with E-state index in [2.05, 4.69) is 29.8 Å². The van der Waals surface area contributed by atoms with E-state index in [-0.39, 0.29) is 10.8 Å². The molecule has 3 unspecified atom stereocenters. The van der Waals surface area contributed by atoms with E-state index in [4.69, 9.17) is 4.74 Å². The van der Waals surface area contributed by atoms with E-state index in [0.717, 1.165) is 25.7 Å². The van der Waals surface area contributed by atoms with Gasteiger partial charge in [0.05, 0.1) is 6.61 Å². The number of fused-ring (bicyclic) bond motifs is 5. The smallest absolute Gasteiger partial charge is 0.154 e. The zero-order chi connectivity index (χ0) is 15.8. The molecule has 3 saturated carbocycles. The van der Waals surface area contributed by atoms with Crippen LogP contribution in [-0.2, 0) is 4.74 Å². The molecule has 22 heavy (non-hydrogen) atoms. The minimum atomic E-state index is -0.674. The van der Waals surface area contributed by atoms with Crippen LogP contribution in [0.1, 0.15) is 58.8 Å². The fourth-order valence-electron chi connectivity index (χ4n) is 6.69. The monoisotopic (exact) mass is 372 g/mol. The second-order valence-corrected chi connectivity index (χ2v) is 10.2. The molecule has 0 spiro atoms. The zero-order valence-electron chi connectivity index (χ0n) is 13.7. The lowest BCUT2D eigenvalue weighted by molar-refractivity contribution is -0.228. The highest BCUT2D eigenvalue weighted by Crippen LogP contribution is 2.68. The van der Waals surface area contributed by atoms with E-state index in [1.807, 2.05) is 0 Å². The molecule has 3 aliphatic carbocycles. The summed E-state index contributed by atoms with van der Waals surface area (Å²) >= 11 is 3.64. The molecule has 1 saturated heterocycles. The van der Waals surface area contributed by atoms with Crippen LogP contribution in [0.5, 0.6) is 0 Å². The first kappa shape index (κ1) is 15.9. The summed E-state index contributed by atoms with van der Waals surface area (Å²) in [6.07, 6.45) is 7.05. The second kappa shape index (κ2) is 4.93. The lowest BCUT2D eigenvalue weighted by atomic mass is 9.47. The molecule has 2 N–H and O–H groups in total. The molecule has 0 amide bonds. The maximum Gasteiger partial charge on any atom is 0.154 e. The minimum Gasteiger partial charge on any atom is -0.378 e. The van der Waals surface area contributed by atoms with Gasteiger partial charge >= 0.3 is 0 Å². The van der Waals surface area contributed by atoms with Gasteiger partial charge in [-0.15, -0.1) is 0 Å². The number of ether oxygens (including phenoxy) is 1. The van der Waals surface area contributed by atoms with Crippen molar-refractivity contribution in [2.45, 2.75) is 69.6 Å². The predicted octanol–water partition coefficient (Wildman–Crippen LogP) is 3.67. The first-order chi connectivity index (χ1) is 10.3. The lowest BCUT2D eigenvalue weighted by Crippen LogP contribution is -2.57. The van der Waals surface area contributed by atoms with E-state index in [0.29, 0.717) is 30.3 Å². The number of aliphatic hydroxyl groups is 2. The van der Waals surface area contributed by atoms with Crippen LogP contribution in [0.15, 0.2) is 0 Å². The summed E-state index contributed by atoms with van der Waals surface area (Å²) in [5.74, 6) is 2.63. The van der Waals surface area contributed by atoms with Crippen LogP contribution in [0.4, 0.5) is 0 Å². The van der Waals surface area contributed by atoms with Gasteiger partial charge in [0, 0.05) is 11.8 Å². The van der Waals surface area contributed by atoms with Gasteiger partial charge in [0.25, 0.3) is 0 Å². The van der Waals surface area contributed by atoms with Crippen molar-refractivity contribution < 1.29 is 14.9 Å². The molecule has 0 bridgehead atoms. The molecule has 4 fully saturated rings. The Kier molecular flexibility index (Phi) is 3.56. The lowest BCUT2D eigenvalue weighted by Gasteiger charge is -2.60. The predicted molar refractivity (Wildman–Crippen MR) is 88.3 cm³/mol. The third-order valence-electron chi connectivity index (χ3n) is 8.19. The van der Waals surface area contributed by atoms with E-state index in [1.165, 1.54) is 19.3 Å². The third kappa shape index (κ3) is 1.96. The molecular formula is C18H29BrO3. The van der Waals surface area contributed by atoms with Gasteiger partial charge in [-0.1, -0.05) is 29.8 Å². The Morgan fingerprint density at radius 3 is 2.55 bits per heavy atom. The quantitative estimate of drug-likeness (QED) is 0.637. The van der Waals surface area contributed by atoms with Gasteiger partial charge < -0.3 is 14.9 Å². The summed E-state index contributed by atoms with van der Waals surface area (Å²) in [5.41, 5.74) is 0.239. The SMILES string of the molecule is C[C@]12COC(O)CC1CC[C@@H]1[C@H]2CC[C@@]2(C)[C@H]1CCC2(O)Br. The van der Waals surface area contributed by atoms with Crippen molar-refractivity contribution in [2.24, 2.45) is 34.5 Å². The molecule has 1 aliphatic heterocycles. The van der Waals surface area contributed by atoms with Gasteiger partial charge in [-0.25, -0.2) is 0 Å².